The van der Waals surface area contributed by atoms with Crippen LogP contribution in [0.1, 0.15) is 27.6 Å². The monoisotopic (exact) mass is 369 g/mol. The molecule has 3 rings (SSSR count). The lowest BCUT2D eigenvalue weighted by molar-refractivity contribution is -0.129. The minimum absolute atomic E-state index is 0.328. The van der Waals surface area contributed by atoms with Crippen molar-refractivity contribution >= 4 is 39.3 Å². The molecule has 0 aliphatic carbocycles. The number of amides is 2. The normalized spacial score (nSPS) is 11.6. The lowest BCUT2D eigenvalue weighted by atomic mass is 10.2. The molecule has 1 aromatic heterocycles. The van der Waals surface area contributed by atoms with Crippen molar-refractivity contribution in [1.29, 1.82) is 0 Å². The predicted octanol–water partition coefficient (Wildman–Crippen LogP) is 2.30. The Morgan fingerprint density at radius 3 is 2.58 bits per heavy atom. The third-order valence-corrected chi connectivity index (χ3v) is 4.35. The van der Waals surface area contributed by atoms with E-state index in [-0.39, 0.29) is 0 Å². The summed E-state index contributed by atoms with van der Waals surface area (Å²) in [7, 11) is 0. The van der Waals surface area contributed by atoms with Crippen LogP contribution in [0.3, 0.4) is 0 Å². The maximum Gasteiger partial charge on any atom is 0.338 e. The highest BCUT2D eigenvalue weighted by atomic mass is 32.1. The molecule has 0 fully saturated rings. The maximum atomic E-state index is 12.2. The lowest BCUT2D eigenvalue weighted by Crippen LogP contribution is -2.46. The summed E-state index contributed by atoms with van der Waals surface area (Å²) in [6, 6.07) is 13.4. The molecule has 0 radical (unpaired) electrons. The van der Waals surface area contributed by atoms with Crippen molar-refractivity contribution in [1.82, 2.24) is 15.8 Å². The highest BCUT2D eigenvalue weighted by Gasteiger charge is 2.20. The largest absolute Gasteiger partial charge is 0.449 e. The number of carbonyl (C=O) groups excluding carboxylic acids is 3. The number of nitrogens with one attached hydrogen (secondary N) is 2. The lowest BCUT2D eigenvalue weighted by Gasteiger charge is -2.14. The zero-order valence-electron chi connectivity index (χ0n) is 13.8. The second-order valence-corrected chi connectivity index (χ2v) is 6.28. The molecule has 0 saturated carbocycles. The van der Waals surface area contributed by atoms with E-state index in [1.165, 1.54) is 18.3 Å². The fourth-order valence-corrected chi connectivity index (χ4v) is 2.86. The standard InChI is InChI=1S/C18H15N3O4S/c1-11(16(22)20-21-17(23)12-5-3-2-4-6-12)25-18(24)13-7-8-14-15(9-13)26-10-19-14/h2-11H,1H3,(H,20,22)(H,21,23)/t11-/m1/s1. The molecule has 1 heterocycles. The van der Waals surface area contributed by atoms with E-state index in [1.807, 2.05) is 0 Å². The second kappa shape index (κ2) is 7.75. The van der Waals surface area contributed by atoms with Gasteiger partial charge >= 0.3 is 5.97 Å². The summed E-state index contributed by atoms with van der Waals surface area (Å²) >= 11 is 1.41. The number of ether oxygens (including phenoxy) is 1. The van der Waals surface area contributed by atoms with Gasteiger partial charge in [0.15, 0.2) is 6.10 Å². The van der Waals surface area contributed by atoms with Crippen molar-refractivity contribution in [3.05, 3.63) is 65.2 Å². The van der Waals surface area contributed by atoms with Crippen molar-refractivity contribution in [2.75, 3.05) is 0 Å². The van der Waals surface area contributed by atoms with E-state index in [4.69, 9.17) is 4.74 Å². The third-order valence-electron chi connectivity index (χ3n) is 3.56. The molecule has 1 atom stereocenters. The van der Waals surface area contributed by atoms with Gasteiger partial charge in [0.2, 0.25) is 0 Å². The van der Waals surface area contributed by atoms with Crippen LogP contribution in [0, 0.1) is 0 Å². The molecule has 2 amide bonds. The molecule has 0 bridgehead atoms. The number of carbonyl (C=O) groups is 3. The average Bonchev–Trinajstić information content (AvgIpc) is 3.14. The molecular formula is C18H15N3O4S. The van der Waals surface area contributed by atoms with Gasteiger partial charge in [-0.15, -0.1) is 11.3 Å². The highest BCUT2D eigenvalue weighted by molar-refractivity contribution is 7.16. The van der Waals surface area contributed by atoms with Crippen LogP contribution in [-0.2, 0) is 9.53 Å². The number of hydrogen-bond donors (Lipinski definition) is 2. The summed E-state index contributed by atoms with van der Waals surface area (Å²) < 4.78 is 6.00. The molecule has 26 heavy (non-hydrogen) atoms. The zero-order valence-corrected chi connectivity index (χ0v) is 14.6. The highest BCUT2D eigenvalue weighted by Crippen LogP contribution is 2.19. The fraction of sp³-hybridized carbons (Fsp3) is 0.111. The molecule has 0 aliphatic rings. The van der Waals surface area contributed by atoms with Crippen LogP contribution in [0.5, 0.6) is 0 Å². The Hall–Kier alpha value is -3.26. The molecule has 2 N–H and O–H groups in total. The molecular weight excluding hydrogens is 354 g/mol. The molecule has 0 unspecified atom stereocenters. The van der Waals surface area contributed by atoms with Crippen molar-refractivity contribution in [3.8, 4) is 0 Å². The Bertz CT molecular complexity index is 955. The zero-order chi connectivity index (χ0) is 18.5. The van der Waals surface area contributed by atoms with Gasteiger partial charge < -0.3 is 4.74 Å². The number of rotatable bonds is 4. The number of hydrogen-bond acceptors (Lipinski definition) is 6. The molecule has 0 aliphatic heterocycles. The van der Waals surface area contributed by atoms with Gasteiger partial charge in [0.1, 0.15) is 0 Å². The van der Waals surface area contributed by atoms with E-state index in [0.717, 1.165) is 10.2 Å². The first-order valence-electron chi connectivity index (χ1n) is 7.74. The van der Waals surface area contributed by atoms with Gasteiger partial charge in [0, 0.05) is 5.56 Å². The molecule has 0 saturated heterocycles. The minimum atomic E-state index is -1.07. The first-order valence-corrected chi connectivity index (χ1v) is 8.62. The summed E-state index contributed by atoms with van der Waals surface area (Å²) in [5.74, 6) is -1.73. The topological polar surface area (TPSA) is 97.4 Å². The van der Waals surface area contributed by atoms with Crippen molar-refractivity contribution < 1.29 is 19.1 Å². The van der Waals surface area contributed by atoms with Crippen LogP contribution in [0.15, 0.2) is 54.0 Å². The minimum Gasteiger partial charge on any atom is -0.449 e. The summed E-state index contributed by atoms with van der Waals surface area (Å²) in [5, 5.41) is 0. The molecule has 8 heteroatoms. The van der Waals surface area contributed by atoms with Gasteiger partial charge in [0.25, 0.3) is 11.8 Å². The molecule has 0 spiro atoms. The molecule has 7 nitrogen and oxygen atoms in total. The van der Waals surface area contributed by atoms with E-state index in [1.54, 1.807) is 54.0 Å². The van der Waals surface area contributed by atoms with E-state index < -0.39 is 23.9 Å². The second-order valence-electron chi connectivity index (χ2n) is 5.39. The van der Waals surface area contributed by atoms with Crippen LogP contribution in [0.25, 0.3) is 10.2 Å². The number of aromatic nitrogens is 1. The van der Waals surface area contributed by atoms with E-state index in [9.17, 15) is 14.4 Å². The van der Waals surface area contributed by atoms with Gasteiger partial charge in [-0.2, -0.15) is 0 Å². The quantitative estimate of drug-likeness (QED) is 0.543. The number of benzene rings is 2. The Balaban J connectivity index is 1.54. The molecule has 3 aromatic rings. The summed E-state index contributed by atoms with van der Waals surface area (Å²) in [5.41, 5.74) is 7.72. The maximum absolute atomic E-state index is 12.2. The number of esters is 1. The van der Waals surface area contributed by atoms with Crippen LogP contribution in [0.2, 0.25) is 0 Å². The number of hydrazine groups is 1. The van der Waals surface area contributed by atoms with Crippen LogP contribution in [0.4, 0.5) is 0 Å². The van der Waals surface area contributed by atoms with E-state index >= 15 is 0 Å². The average molecular weight is 369 g/mol. The van der Waals surface area contributed by atoms with E-state index in [2.05, 4.69) is 15.8 Å². The summed E-state index contributed by atoms with van der Waals surface area (Å²) in [6.07, 6.45) is -1.07. The predicted molar refractivity (Wildman–Crippen MR) is 96.5 cm³/mol. The SMILES string of the molecule is C[C@@H](OC(=O)c1ccc2ncsc2c1)C(=O)NNC(=O)c1ccccc1. The van der Waals surface area contributed by atoms with Crippen LogP contribution in [-0.4, -0.2) is 28.9 Å². The summed E-state index contributed by atoms with van der Waals surface area (Å²) in [4.78, 5) is 40.2. The third kappa shape index (κ3) is 4.04. The van der Waals surface area contributed by atoms with Crippen LogP contribution >= 0.6 is 11.3 Å². The molecule has 2 aromatic carbocycles. The Morgan fingerprint density at radius 1 is 1.04 bits per heavy atom. The van der Waals surface area contributed by atoms with Gasteiger partial charge in [-0.25, -0.2) is 9.78 Å². The Labute approximate surface area is 153 Å². The van der Waals surface area contributed by atoms with Gasteiger partial charge in [-0.3, -0.25) is 20.4 Å². The van der Waals surface area contributed by atoms with Crippen molar-refractivity contribution in [2.24, 2.45) is 0 Å². The molecule has 132 valence electrons. The Kier molecular flexibility index (Phi) is 5.23. The van der Waals surface area contributed by atoms with Crippen molar-refractivity contribution in [2.45, 2.75) is 13.0 Å². The number of thiazole rings is 1. The Morgan fingerprint density at radius 2 is 1.81 bits per heavy atom. The smallest absolute Gasteiger partial charge is 0.338 e. The first kappa shape index (κ1) is 17.6. The first-order chi connectivity index (χ1) is 12.5. The van der Waals surface area contributed by atoms with Gasteiger partial charge in [-0.1, -0.05) is 18.2 Å². The fourth-order valence-electron chi connectivity index (χ4n) is 2.15. The summed E-state index contributed by atoms with van der Waals surface area (Å²) in [6.45, 7) is 1.42. The van der Waals surface area contributed by atoms with Gasteiger partial charge in [0.05, 0.1) is 21.3 Å². The number of nitrogens with zero attached hydrogens (tertiary/aromatic N) is 1. The van der Waals surface area contributed by atoms with Gasteiger partial charge in [-0.05, 0) is 37.3 Å². The van der Waals surface area contributed by atoms with E-state index in [0.29, 0.717) is 11.1 Å². The number of fused-ring (bicyclic) bond motifs is 1. The van der Waals surface area contributed by atoms with Crippen molar-refractivity contribution in [3.63, 3.8) is 0 Å². The van der Waals surface area contributed by atoms with Crippen LogP contribution < -0.4 is 10.9 Å².